The Kier molecular flexibility index (Phi) is 10.7. The smallest absolute Gasteiger partial charge is 0.414 e. The maximum absolute atomic E-state index is 12.2. The number of anilines is 2. The summed E-state index contributed by atoms with van der Waals surface area (Å²) in [4.78, 5) is 18.1. The fraction of sp³-hybridized carbons (Fsp3) is 0.517. The third-order valence-corrected chi connectivity index (χ3v) is 10.6. The van der Waals surface area contributed by atoms with Crippen molar-refractivity contribution in [1.82, 2.24) is 4.98 Å². The number of benzene rings is 1. The van der Waals surface area contributed by atoms with Crippen LogP contribution in [0.15, 0.2) is 42.6 Å². The molecule has 0 aliphatic rings. The number of carbonyl (C=O) groups is 1. The van der Waals surface area contributed by atoms with Crippen molar-refractivity contribution in [3.05, 3.63) is 53.7 Å². The number of pyridine rings is 1. The van der Waals surface area contributed by atoms with Gasteiger partial charge in [-0.25, -0.2) is 9.78 Å². The molecular weight excluding hydrogens is 482 g/mol. The molecule has 0 unspecified atom stereocenters. The van der Waals surface area contributed by atoms with Crippen LogP contribution in [0.3, 0.4) is 0 Å². The van der Waals surface area contributed by atoms with E-state index in [9.17, 15) is 4.79 Å². The van der Waals surface area contributed by atoms with Gasteiger partial charge in [-0.3, -0.25) is 4.90 Å². The van der Waals surface area contributed by atoms with E-state index in [2.05, 4.69) is 56.0 Å². The van der Waals surface area contributed by atoms with Crippen LogP contribution in [-0.4, -0.2) is 58.4 Å². The predicted octanol–water partition coefficient (Wildman–Crippen LogP) is 6.30. The minimum absolute atomic E-state index is 0.210. The van der Waals surface area contributed by atoms with Gasteiger partial charge in [0.1, 0.15) is 11.4 Å². The molecule has 1 amide bonds. The number of hydrogen-bond acceptors (Lipinski definition) is 6. The number of nitrogens with one attached hydrogen (secondary N) is 1. The average molecular weight is 526 g/mol. The molecule has 1 aromatic heterocycles. The highest BCUT2D eigenvalue weighted by Gasteiger charge is 2.36. The third kappa shape index (κ3) is 10.6. The van der Waals surface area contributed by atoms with Crippen LogP contribution in [0.4, 0.5) is 16.3 Å². The molecule has 2 aromatic rings. The number of rotatable bonds is 9. The van der Waals surface area contributed by atoms with E-state index in [1.165, 1.54) is 4.90 Å². The van der Waals surface area contributed by atoms with Crippen LogP contribution in [0, 0.1) is 11.8 Å². The quantitative estimate of drug-likeness (QED) is 0.235. The maximum atomic E-state index is 12.2. The summed E-state index contributed by atoms with van der Waals surface area (Å²) in [5, 5.41) is 3.47. The summed E-state index contributed by atoms with van der Waals surface area (Å²) < 4.78 is 17.2. The Bertz CT molecular complexity index is 1060. The van der Waals surface area contributed by atoms with Gasteiger partial charge in [-0.1, -0.05) is 32.6 Å². The zero-order valence-electron chi connectivity index (χ0n) is 23.9. The normalized spacial score (nSPS) is 11.9. The Morgan fingerprint density at radius 1 is 0.946 bits per heavy atom. The summed E-state index contributed by atoms with van der Waals surface area (Å²) in [6.07, 6.45) is 1.35. The van der Waals surface area contributed by atoms with E-state index in [4.69, 9.17) is 13.9 Å². The van der Waals surface area contributed by atoms with Gasteiger partial charge in [-0.2, -0.15) is 0 Å². The lowest BCUT2D eigenvalue weighted by atomic mass is 10.2. The Hall–Kier alpha value is -2.86. The molecule has 2 rings (SSSR count). The van der Waals surface area contributed by atoms with E-state index in [-0.39, 0.29) is 5.04 Å². The highest BCUT2D eigenvalue weighted by molar-refractivity contribution is 6.74. The first-order valence-electron chi connectivity index (χ1n) is 12.7. The predicted molar refractivity (Wildman–Crippen MR) is 154 cm³/mol. The molecule has 0 bridgehead atoms. The second-order valence-corrected chi connectivity index (χ2v) is 16.2. The van der Waals surface area contributed by atoms with Gasteiger partial charge in [0.15, 0.2) is 8.32 Å². The molecule has 0 aliphatic carbocycles. The van der Waals surface area contributed by atoms with E-state index >= 15 is 0 Å². The molecule has 0 fully saturated rings. The van der Waals surface area contributed by atoms with Gasteiger partial charge in [-0.15, -0.1) is 0 Å². The molecule has 0 spiro atoms. The van der Waals surface area contributed by atoms with Crippen molar-refractivity contribution in [3.63, 3.8) is 0 Å². The van der Waals surface area contributed by atoms with Gasteiger partial charge >= 0.3 is 6.09 Å². The lowest BCUT2D eigenvalue weighted by molar-refractivity contribution is 0.0589. The molecule has 1 aromatic carbocycles. The largest absolute Gasteiger partial charge is 0.443 e. The van der Waals surface area contributed by atoms with Crippen molar-refractivity contribution in [2.75, 3.05) is 43.6 Å². The number of hydrogen-bond donors (Lipinski definition) is 1. The fourth-order valence-corrected chi connectivity index (χ4v) is 3.87. The summed E-state index contributed by atoms with van der Waals surface area (Å²) in [6.45, 7) is 19.2. The zero-order chi connectivity index (χ0) is 27.7. The minimum atomic E-state index is -1.71. The first-order valence-corrected chi connectivity index (χ1v) is 15.6. The molecule has 1 heterocycles. The molecule has 0 aliphatic heterocycles. The lowest BCUT2D eigenvalue weighted by Gasteiger charge is -2.36. The number of amides is 1. The molecule has 37 heavy (non-hydrogen) atoms. The van der Waals surface area contributed by atoms with Crippen LogP contribution >= 0.6 is 0 Å². The lowest BCUT2D eigenvalue weighted by Crippen LogP contribution is -2.41. The number of aromatic nitrogens is 1. The number of ether oxygens (including phenoxy) is 2. The fourth-order valence-electron chi connectivity index (χ4n) is 2.85. The molecule has 0 saturated carbocycles. The van der Waals surface area contributed by atoms with Crippen LogP contribution in [0.1, 0.15) is 52.7 Å². The van der Waals surface area contributed by atoms with Crippen molar-refractivity contribution >= 4 is 25.9 Å². The second kappa shape index (κ2) is 13.1. The molecular formula is C29H43N3O4Si. The summed E-state index contributed by atoms with van der Waals surface area (Å²) >= 11 is 0. The Morgan fingerprint density at radius 2 is 1.57 bits per heavy atom. The van der Waals surface area contributed by atoms with Crippen LogP contribution in [-0.2, 0) is 13.9 Å². The highest BCUT2D eigenvalue weighted by atomic mass is 28.4. The average Bonchev–Trinajstić information content (AvgIpc) is 2.81. The zero-order valence-corrected chi connectivity index (χ0v) is 24.9. The highest BCUT2D eigenvalue weighted by Crippen LogP contribution is 2.36. The van der Waals surface area contributed by atoms with Gasteiger partial charge in [0.2, 0.25) is 0 Å². The number of carbonyl (C=O) groups excluding carboxylic acids is 1. The molecule has 7 nitrogen and oxygen atoms in total. The van der Waals surface area contributed by atoms with Gasteiger partial charge in [0.05, 0.1) is 19.8 Å². The van der Waals surface area contributed by atoms with Crippen LogP contribution in [0.5, 0.6) is 0 Å². The van der Waals surface area contributed by atoms with Crippen molar-refractivity contribution in [2.45, 2.75) is 65.3 Å². The van der Waals surface area contributed by atoms with E-state index < -0.39 is 20.0 Å². The van der Waals surface area contributed by atoms with Crippen LogP contribution in [0.2, 0.25) is 18.1 Å². The first kappa shape index (κ1) is 30.4. The second-order valence-electron chi connectivity index (χ2n) is 11.4. The van der Waals surface area contributed by atoms with Gasteiger partial charge in [0.25, 0.3) is 0 Å². The number of nitrogens with zero attached hydrogens (tertiary/aromatic N) is 2. The topological polar surface area (TPSA) is 72.9 Å². The van der Waals surface area contributed by atoms with Crippen molar-refractivity contribution in [2.24, 2.45) is 0 Å². The van der Waals surface area contributed by atoms with E-state index in [0.717, 1.165) is 22.6 Å². The summed E-state index contributed by atoms with van der Waals surface area (Å²) in [5.74, 6) is 7.03. The molecule has 8 heteroatoms. The van der Waals surface area contributed by atoms with Crippen LogP contribution < -0.4 is 10.2 Å². The minimum Gasteiger partial charge on any atom is -0.443 e. The monoisotopic (exact) mass is 525 g/mol. The molecule has 0 radical (unpaired) electrons. The summed E-state index contributed by atoms with van der Waals surface area (Å²) in [5.41, 5.74) is 1.87. The maximum Gasteiger partial charge on any atom is 0.414 e. The van der Waals surface area contributed by atoms with E-state index in [0.29, 0.717) is 26.4 Å². The Balaban J connectivity index is 1.76. The van der Waals surface area contributed by atoms with Gasteiger partial charge in [-0.05, 0) is 75.3 Å². The van der Waals surface area contributed by atoms with Gasteiger partial charge in [0, 0.05) is 36.6 Å². The third-order valence-electron chi connectivity index (χ3n) is 6.09. The van der Waals surface area contributed by atoms with E-state index in [1.54, 1.807) is 13.2 Å². The Morgan fingerprint density at radius 3 is 2.14 bits per heavy atom. The van der Waals surface area contributed by atoms with Gasteiger partial charge < -0.3 is 19.2 Å². The molecule has 202 valence electrons. The van der Waals surface area contributed by atoms with Crippen LogP contribution in [0.25, 0.3) is 0 Å². The van der Waals surface area contributed by atoms with Crippen molar-refractivity contribution in [1.29, 1.82) is 0 Å². The standard InChI is InChI=1S/C29H43N3O4Si/c1-28(2,3)36-27(33)32(7)25-15-12-23(13-16-25)10-11-24-14-17-26(31-22-24)30-18-19-34-20-21-35-37(8,9)29(4,5)6/h12-17,22H,18-21H2,1-9H3,(H,30,31). The van der Waals surface area contributed by atoms with Crippen molar-refractivity contribution in [3.8, 4) is 11.8 Å². The molecule has 0 atom stereocenters. The Labute approximate surface area is 224 Å². The molecule has 0 saturated heterocycles. The summed E-state index contributed by atoms with van der Waals surface area (Å²) in [6, 6.07) is 11.3. The van der Waals surface area contributed by atoms with E-state index in [1.807, 2.05) is 57.2 Å². The summed E-state index contributed by atoms with van der Waals surface area (Å²) in [7, 11) is -0.0270. The SMILES string of the molecule is CN(C(=O)OC(C)(C)C)c1ccc(C#Cc2ccc(NCCOCCO[Si](C)(C)C(C)(C)C)nc2)cc1. The van der Waals surface area contributed by atoms with Crippen molar-refractivity contribution < 1.29 is 18.7 Å². The molecule has 1 N–H and O–H groups in total. The first-order chi connectivity index (χ1) is 17.2.